The molecule has 0 bridgehead atoms. The molecule has 23 heavy (non-hydrogen) atoms. The molecule has 2 N–H and O–H groups in total. The van der Waals surface area contributed by atoms with Crippen molar-refractivity contribution in [2.45, 2.75) is 58.3 Å². The van der Waals surface area contributed by atoms with E-state index in [1.54, 1.807) is 11.3 Å². The maximum atomic E-state index is 4.38. The summed E-state index contributed by atoms with van der Waals surface area (Å²) >= 11 is 1.77. The smallest absolute Gasteiger partial charge is 0.190 e. The number of nitrogens with zero attached hydrogens (tertiary/aromatic N) is 2. The summed E-state index contributed by atoms with van der Waals surface area (Å²) in [5.41, 5.74) is 0. The Morgan fingerprint density at radius 3 is 2.65 bits per heavy atom. The summed E-state index contributed by atoms with van der Waals surface area (Å²) in [6, 6.07) is 0. The third-order valence-corrected chi connectivity index (χ3v) is 5.30. The highest BCUT2D eigenvalue weighted by Crippen LogP contribution is 2.26. The maximum Gasteiger partial charge on any atom is 0.190 e. The van der Waals surface area contributed by atoms with Gasteiger partial charge in [0.05, 0.1) is 5.01 Å². The lowest BCUT2D eigenvalue weighted by molar-refractivity contribution is 0.332. The van der Waals surface area contributed by atoms with Gasteiger partial charge in [-0.1, -0.05) is 32.1 Å². The molecule has 1 saturated carbocycles. The van der Waals surface area contributed by atoms with Crippen LogP contribution in [0.15, 0.2) is 11.2 Å². The molecule has 1 aromatic heterocycles. The van der Waals surface area contributed by atoms with Crippen molar-refractivity contribution in [1.29, 1.82) is 0 Å². The molecular weight excluding hydrogens is 419 g/mol. The van der Waals surface area contributed by atoms with Gasteiger partial charge in [-0.3, -0.25) is 4.99 Å². The minimum absolute atomic E-state index is 0. The van der Waals surface area contributed by atoms with Crippen LogP contribution >= 0.6 is 35.3 Å². The van der Waals surface area contributed by atoms with Crippen LogP contribution in [-0.4, -0.2) is 31.1 Å². The van der Waals surface area contributed by atoms with E-state index in [4.69, 9.17) is 0 Å². The van der Waals surface area contributed by atoms with Gasteiger partial charge in [0.25, 0.3) is 0 Å². The summed E-state index contributed by atoms with van der Waals surface area (Å²) in [6.45, 7) is 4.00. The monoisotopic (exact) mass is 450 g/mol. The fourth-order valence-electron chi connectivity index (χ4n) is 3.10. The first-order chi connectivity index (χ1) is 10.8. The van der Waals surface area contributed by atoms with Crippen molar-refractivity contribution in [3.05, 3.63) is 16.1 Å². The van der Waals surface area contributed by atoms with Crippen LogP contribution in [0.25, 0.3) is 0 Å². The number of halogens is 1. The number of guanidine groups is 1. The van der Waals surface area contributed by atoms with Crippen LogP contribution in [0, 0.1) is 12.8 Å². The molecule has 0 atom stereocenters. The van der Waals surface area contributed by atoms with E-state index < -0.39 is 0 Å². The standard InChI is InChI=1S/C17H30N4S.HI/c1-14-13-21-16(22-14)10-12-20-17(18-2)19-11-6-9-15-7-4-3-5-8-15;/h13,15H,3-12H2,1-2H3,(H2,18,19,20);1H. The molecule has 0 spiro atoms. The zero-order chi connectivity index (χ0) is 15.6. The highest BCUT2D eigenvalue weighted by Gasteiger charge is 2.12. The van der Waals surface area contributed by atoms with E-state index in [0.717, 1.165) is 31.4 Å². The maximum absolute atomic E-state index is 4.38. The Bertz CT molecular complexity index is 455. The van der Waals surface area contributed by atoms with Gasteiger partial charge in [0.2, 0.25) is 0 Å². The Kier molecular flexibility index (Phi) is 10.8. The van der Waals surface area contributed by atoms with Gasteiger partial charge in [0.15, 0.2) is 5.96 Å². The average molecular weight is 450 g/mol. The van der Waals surface area contributed by atoms with Crippen LogP contribution in [0.5, 0.6) is 0 Å². The Labute approximate surface area is 162 Å². The number of hydrogen-bond acceptors (Lipinski definition) is 3. The zero-order valence-corrected chi connectivity index (χ0v) is 17.6. The van der Waals surface area contributed by atoms with E-state index in [1.165, 1.54) is 54.8 Å². The fraction of sp³-hybridized carbons (Fsp3) is 0.765. The Morgan fingerprint density at radius 2 is 2.00 bits per heavy atom. The summed E-state index contributed by atoms with van der Waals surface area (Å²) in [5, 5.41) is 7.99. The molecule has 6 heteroatoms. The number of thiazole rings is 1. The number of aliphatic imine (C=N–C) groups is 1. The van der Waals surface area contributed by atoms with Gasteiger partial charge in [-0.2, -0.15) is 0 Å². The highest BCUT2D eigenvalue weighted by atomic mass is 127. The van der Waals surface area contributed by atoms with Crippen LogP contribution in [0.2, 0.25) is 0 Å². The molecule has 2 rings (SSSR count). The average Bonchev–Trinajstić information content (AvgIpc) is 2.96. The van der Waals surface area contributed by atoms with E-state index in [2.05, 4.69) is 27.5 Å². The first-order valence-electron chi connectivity index (χ1n) is 8.63. The molecule has 0 radical (unpaired) electrons. The molecule has 0 aliphatic heterocycles. The molecule has 1 aliphatic carbocycles. The number of aromatic nitrogens is 1. The van der Waals surface area contributed by atoms with E-state index >= 15 is 0 Å². The molecule has 4 nitrogen and oxygen atoms in total. The molecule has 1 heterocycles. The minimum Gasteiger partial charge on any atom is -0.356 e. The van der Waals surface area contributed by atoms with Crippen molar-refractivity contribution >= 4 is 41.3 Å². The van der Waals surface area contributed by atoms with E-state index in [-0.39, 0.29) is 24.0 Å². The van der Waals surface area contributed by atoms with Gasteiger partial charge in [-0.15, -0.1) is 35.3 Å². The third kappa shape index (κ3) is 8.33. The third-order valence-electron chi connectivity index (χ3n) is 4.33. The Morgan fingerprint density at radius 1 is 1.26 bits per heavy atom. The van der Waals surface area contributed by atoms with Gasteiger partial charge < -0.3 is 10.6 Å². The molecule has 1 aliphatic rings. The molecule has 1 fully saturated rings. The van der Waals surface area contributed by atoms with E-state index in [0.29, 0.717) is 0 Å². The van der Waals surface area contributed by atoms with Gasteiger partial charge in [-0.25, -0.2) is 4.98 Å². The van der Waals surface area contributed by atoms with Gasteiger partial charge in [0.1, 0.15) is 0 Å². The van der Waals surface area contributed by atoms with E-state index in [9.17, 15) is 0 Å². The lowest BCUT2D eigenvalue weighted by atomic mass is 9.86. The SMILES string of the molecule is CN=C(NCCCC1CCCCC1)NCCc1ncc(C)s1.I. The second kappa shape index (κ2) is 12.1. The molecule has 0 aromatic carbocycles. The summed E-state index contributed by atoms with van der Waals surface area (Å²) in [6.07, 6.45) is 12.7. The normalized spacial score (nSPS) is 16.0. The number of aryl methyl sites for hydroxylation is 1. The summed E-state index contributed by atoms with van der Waals surface area (Å²) in [4.78, 5) is 9.95. The first-order valence-corrected chi connectivity index (χ1v) is 9.45. The van der Waals surface area contributed by atoms with Gasteiger partial charge in [-0.05, 0) is 25.7 Å². The molecule has 132 valence electrons. The topological polar surface area (TPSA) is 49.3 Å². The van der Waals surface area contributed by atoms with Crippen molar-refractivity contribution < 1.29 is 0 Å². The largest absolute Gasteiger partial charge is 0.356 e. The van der Waals surface area contributed by atoms with Crippen LogP contribution in [0.3, 0.4) is 0 Å². The van der Waals surface area contributed by atoms with Crippen LogP contribution in [0.1, 0.15) is 54.8 Å². The first kappa shape index (κ1) is 20.7. The van der Waals surface area contributed by atoms with Crippen LogP contribution in [-0.2, 0) is 6.42 Å². The highest BCUT2D eigenvalue weighted by molar-refractivity contribution is 14.0. The Hall–Kier alpha value is -0.370. The van der Waals surface area contributed by atoms with E-state index in [1.807, 2.05) is 13.2 Å². The number of rotatable bonds is 7. The second-order valence-corrected chi connectivity index (χ2v) is 7.51. The number of nitrogens with one attached hydrogen (secondary N) is 2. The summed E-state index contributed by atoms with van der Waals surface area (Å²) in [5.74, 6) is 1.88. The lowest BCUT2D eigenvalue weighted by Crippen LogP contribution is -2.38. The zero-order valence-electron chi connectivity index (χ0n) is 14.4. The van der Waals surface area contributed by atoms with Gasteiger partial charge in [0, 0.05) is 37.6 Å². The number of hydrogen-bond donors (Lipinski definition) is 2. The van der Waals surface area contributed by atoms with Crippen molar-refractivity contribution in [2.24, 2.45) is 10.9 Å². The van der Waals surface area contributed by atoms with Gasteiger partial charge >= 0.3 is 0 Å². The van der Waals surface area contributed by atoms with Crippen LogP contribution in [0.4, 0.5) is 0 Å². The van der Waals surface area contributed by atoms with Crippen molar-refractivity contribution in [1.82, 2.24) is 15.6 Å². The quantitative estimate of drug-likeness (QED) is 0.284. The van der Waals surface area contributed by atoms with Crippen molar-refractivity contribution in [2.75, 3.05) is 20.1 Å². The molecule has 1 aromatic rings. The minimum atomic E-state index is 0. The Balaban J connectivity index is 0.00000264. The molecule has 0 amide bonds. The van der Waals surface area contributed by atoms with Crippen molar-refractivity contribution in [3.8, 4) is 0 Å². The molecule has 0 saturated heterocycles. The predicted octanol–water partition coefficient (Wildman–Crippen LogP) is 4.14. The molecule has 0 unspecified atom stereocenters. The lowest BCUT2D eigenvalue weighted by Gasteiger charge is -2.21. The summed E-state index contributed by atoms with van der Waals surface area (Å²) < 4.78 is 0. The van der Waals surface area contributed by atoms with Crippen molar-refractivity contribution in [3.63, 3.8) is 0 Å². The molecular formula is C17H31IN4S. The predicted molar refractivity (Wildman–Crippen MR) is 111 cm³/mol. The van der Waals surface area contributed by atoms with Crippen LogP contribution < -0.4 is 10.6 Å². The second-order valence-electron chi connectivity index (χ2n) is 6.19. The fourth-order valence-corrected chi connectivity index (χ4v) is 3.89. The summed E-state index contributed by atoms with van der Waals surface area (Å²) in [7, 11) is 1.84.